The number of benzene rings is 1. The third kappa shape index (κ3) is 3.35. The molecule has 76 valence electrons. The molecule has 0 heterocycles. The van der Waals surface area contributed by atoms with Crippen LogP contribution in [0, 0.1) is 0 Å². The molecule has 1 atom stereocenters. The number of hydrogen-bond acceptors (Lipinski definition) is 1. The summed E-state index contributed by atoms with van der Waals surface area (Å²) in [4.78, 5) is 0. The first-order chi connectivity index (χ1) is 6.74. The van der Waals surface area contributed by atoms with Crippen molar-refractivity contribution in [3.8, 4) is 0 Å². The fraction of sp³-hybridized carbons (Fsp3) is 0.385. The van der Waals surface area contributed by atoms with Gasteiger partial charge in [-0.05, 0) is 18.9 Å². The van der Waals surface area contributed by atoms with Crippen molar-refractivity contribution in [2.45, 2.75) is 26.3 Å². The van der Waals surface area contributed by atoms with Gasteiger partial charge in [-0.1, -0.05) is 49.4 Å². The van der Waals surface area contributed by atoms with Crippen LogP contribution in [-0.2, 0) is 0 Å². The lowest BCUT2D eigenvalue weighted by molar-refractivity contribution is 0.602. The van der Waals surface area contributed by atoms with Crippen LogP contribution in [0.15, 0.2) is 42.5 Å². The van der Waals surface area contributed by atoms with Crippen molar-refractivity contribution in [1.82, 2.24) is 5.32 Å². The van der Waals surface area contributed by atoms with E-state index in [2.05, 4.69) is 50.0 Å². The fourth-order valence-corrected chi connectivity index (χ4v) is 1.28. The average Bonchev–Trinajstić information content (AvgIpc) is 2.26. The molecule has 0 spiro atoms. The normalized spacial score (nSPS) is 12.4. The van der Waals surface area contributed by atoms with Crippen LogP contribution in [0.4, 0.5) is 0 Å². The molecule has 0 aromatic heterocycles. The molecule has 1 heteroatoms. The SMILES string of the molecule is C=C(CC)CN[C@@H](C)c1ccccc1. The molecule has 0 aliphatic rings. The van der Waals surface area contributed by atoms with Gasteiger partial charge in [0.15, 0.2) is 0 Å². The van der Waals surface area contributed by atoms with Crippen molar-refractivity contribution in [3.63, 3.8) is 0 Å². The highest BCUT2D eigenvalue weighted by Crippen LogP contribution is 2.11. The smallest absolute Gasteiger partial charge is 0.0294 e. The van der Waals surface area contributed by atoms with E-state index in [1.54, 1.807) is 0 Å². The summed E-state index contributed by atoms with van der Waals surface area (Å²) in [5.74, 6) is 0. The summed E-state index contributed by atoms with van der Waals surface area (Å²) < 4.78 is 0. The Labute approximate surface area is 86.8 Å². The van der Waals surface area contributed by atoms with Crippen LogP contribution in [0.2, 0.25) is 0 Å². The van der Waals surface area contributed by atoms with E-state index in [1.807, 2.05) is 6.07 Å². The van der Waals surface area contributed by atoms with Gasteiger partial charge in [-0.25, -0.2) is 0 Å². The van der Waals surface area contributed by atoms with E-state index in [0.717, 1.165) is 13.0 Å². The quantitative estimate of drug-likeness (QED) is 0.701. The molecular formula is C13H19N. The lowest BCUT2D eigenvalue weighted by Crippen LogP contribution is -2.20. The summed E-state index contributed by atoms with van der Waals surface area (Å²) in [5.41, 5.74) is 2.59. The van der Waals surface area contributed by atoms with Gasteiger partial charge < -0.3 is 5.32 Å². The summed E-state index contributed by atoms with van der Waals surface area (Å²) in [6.45, 7) is 9.20. The molecule has 0 unspecified atom stereocenters. The number of nitrogens with one attached hydrogen (secondary N) is 1. The first-order valence-electron chi connectivity index (χ1n) is 5.19. The molecule has 0 radical (unpaired) electrons. The average molecular weight is 189 g/mol. The predicted octanol–water partition coefficient (Wildman–Crippen LogP) is 3.30. The minimum Gasteiger partial charge on any atom is -0.306 e. The van der Waals surface area contributed by atoms with Crippen LogP contribution < -0.4 is 5.32 Å². The van der Waals surface area contributed by atoms with Gasteiger partial charge in [0.1, 0.15) is 0 Å². The van der Waals surface area contributed by atoms with Crippen LogP contribution in [0.1, 0.15) is 31.9 Å². The van der Waals surface area contributed by atoms with Crippen LogP contribution in [0.25, 0.3) is 0 Å². The van der Waals surface area contributed by atoms with Crippen molar-refractivity contribution < 1.29 is 0 Å². The van der Waals surface area contributed by atoms with Gasteiger partial charge in [0, 0.05) is 12.6 Å². The Balaban J connectivity index is 2.43. The molecule has 0 bridgehead atoms. The lowest BCUT2D eigenvalue weighted by Gasteiger charge is -2.14. The second-order valence-electron chi connectivity index (χ2n) is 3.62. The monoisotopic (exact) mass is 189 g/mol. The molecule has 0 aliphatic carbocycles. The third-order valence-corrected chi connectivity index (χ3v) is 2.46. The number of hydrogen-bond donors (Lipinski definition) is 1. The molecule has 0 amide bonds. The van der Waals surface area contributed by atoms with Crippen LogP contribution >= 0.6 is 0 Å². The van der Waals surface area contributed by atoms with Crippen LogP contribution in [-0.4, -0.2) is 6.54 Å². The van der Waals surface area contributed by atoms with Gasteiger partial charge in [-0.15, -0.1) is 0 Å². The summed E-state index contributed by atoms with van der Waals surface area (Å²) in [7, 11) is 0. The maximum atomic E-state index is 3.98. The van der Waals surface area contributed by atoms with Gasteiger partial charge in [0.25, 0.3) is 0 Å². The van der Waals surface area contributed by atoms with Crippen molar-refractivity contribution in [2.75, 3.05) is 6.54 Å². The zero-order valence-electron chi connectivity index (χ0n) is 9.09. The predicted molar refractivity (Wildman–Crippen MR) is 62.3 cm³/mol. The Bertz CT molecular complexity index is 277. The van der Waals surface area contributed by atoms with E-state index in [0.29, 0.717) is 6.04 Å². The Morgan fingerprint density at radius 2 is 2.00 bits per heavy atom. The van der Waals surface area contributed by atoms with Crippen molar-refractivity contribution in [3.05, 3.63) is 48.0 Å². The second-order valence-corrected chi connectivity index (χ2v) is 3.62. The van der Waals surface area contributed by atoms with Crippen LogP contribution in [0.3, 0.4) is 0 Å². The summed E-state index contributed by atoms with van der Waals surface area (Å²) in [6, 6.07) is 10.9. The maximum absolute atomic E-state index is 3.98. The third-order valence-electron chi connectivity index (χ3n) is 2.46. The van der Waals surface area contributed by atoms with Gasteiger partial charge >= 0.3 is 0 Å². The van der Waals surface area contributed by atoms with Crippen LogP contribution in [0.5, 0.6) is 0 Å². The second kappa shape index (κ2) is 5.61. The highest BCUT2D eigenvalue weighted by Gasteiger charge is 2.02. The molecule has 1 aromatic rings. The van der Waals surface area contributed by atoms with E-state index >= 15 is 0 Å². The zero-order chi connectivity index (χ0) is 10.4. The Morgan fingerprint density at radius 3 is 2.57 bits per heavy atom. The van der Waals surface area contributed by atoms with Crippen molar-refractivity contribution in [1.29, 1.82) is 0 Å². The zero-order valence-corrected chi connectivity index (χ0v) is 9.09. The minimum atomic E-state index is 0.402. The molecule has 1 N–H and O–H groups in total. The first-order valence-corrected chi connectivity index (χ1v) is 5.19. The molecule has 14 heavy (non-hydrogen) atoms. The van der Waals surface area contributed by atoms with Gasteiger partial charge in [-0.2, -0.15) is 0 Å². The molecule has 0 saturated heterocycles. The Kier molecular flexibility index (Phi) is 4.41. The molecule has 1 rings (SSSR count). The van der Waals surface area contributed by atoms with Crippen molar-refractivity contribution >= 4 is 0 Å². The number of rotatable bonds is 5. The fourth-order valence-electron chi connectivity index (χ4n) is 1.28. The molecule has 1 nitrogen and oxygen atoms in total. The Hall–Kier alpha value is -1.08. The topological polar surface area (TPSA) is 12.0 Å². The van der Waals surface area contributed by atoms with E-state index < -0.39 is 0 Å². The maximum Gasteiger partial charge on any atom is 0.0294 e. The molecule has 0 saturated carbocycles. The van der Waals surface area contributed by atoms with E-state index in [4.69, 9.17) is 0 Å². The standard InChI is InChI=1S/C13H19N/c1-4-11(2)10-14-12(3)13-8-6-5-7-9-13/h5-9,12,14H,2,4,10H2,1,3H3/t12-/m0/s1. The van der Waals surface area contributed by atoms with Gasteiger partial charge in [-0.3, -0.25) is 0 Å². The highest BCUT2D eigenvalue weighted by atomic mass is 14.9. The molecular weight excluding hydrogens is 170 g/mol. The summed E-state index contributed by atoms with van der Waals surface area (Å²) in [5, 5.41) is 3.45. The van der Waals surface area contributed by atoms with Gasteiger partial charge in [0.2, 0.25) is 0 Å². The van der Waals surface area contributed by atoms with Crippen molar-refractivity contribution in [2.24, 2.45) is 0 Å². The van der Waals surface area contributed by atoms with E-state index in [9.17, 15) is 0 Å². The lowest BCUT2D eigenvalue weighted by atomic mass is 10.1. The Morgan fingerprint density at radius 1 is 1.36 bits per heavy atom. The first kappa shape index (κ1) is 11.0. The largest absolute Gasteiger partial charge is 0.306 e. The molecule has 0 aliphatic heterocycles. The van der Waals surface area contributed by atoms with E-state index in [1.165, 1.54) is 11.1 Å². The van der Waals surface area contributed by atoms with E-state index in [-0.39, 0.29) is 0 Å². The minimum absolute atomic E-state index is 0.402. The summed E-state index contributed by atoms with van der Waals surface area (Å²) in [6.07, 6.45) is 1.05. The summed E-state index contributed by atoms with van der Waals surface area (Å²) >= 11 is 0. The van der Waals surface area contributed by atoms with Gasteiger partial charge in [0.05, 0.1) is 0 Å². The molecule has 0 fully saturated rings. The molecule has 1 aromatic carbocycles. The highest BCUT2D eigenvalue weighted by molar-refractivity contribution is 5.18.